The fourth-order valence-electron chi connectivity index (χ4n) is 17.5. The molecule has 18 atom stereocenters. The van der Waals surface area contributed by atoms with Gasteiger partial charge in [0.25, 0.3) is 5.91 Å². The number of nitrogens with one attached hydrogen (secondary N) is 1. The highest BCUT2D eigenvalue weighted by molar-refractivity contribution is 6.30. The van der Waals surface area contributed by atoms with E-state index in [-0.39, 0.29) is 68.4 Å². The lowest BCUT2D eigenvalue weighted by molar-refractivity contribution is -0.281. The van der Waals surface area contributed by atoms with Crippen LogP contribution in [0.15, 0.2) is 96.1 Å². The van der Waals surface area contributed by atoms with Gasteiger partial charge in [-0.15, -0.1) is 12.4 Å². The number of carbonyl (C=O) groups is 4. The second-order valence-corrected chi connectivity index (χ2v) is 25.7. The van der Waals surface area contributed by atoms with E-state index in [0.717, 1.165) is 22.3 Å². The van der Waals surface area contributed by atoms with Gasteiger partial charge in [-0.2, -0.15) is 10.1 Å². The van der Waals surface area contributed by atoms with Crippen molar-refractivity contribution in [2.75, 3.05) is 41.4 Å². The smallest absolute Gasteiger partial charge is 0.339 e. The number of aliphatic hydroxyl groups is 2. The molecule has 2 aliphatic heterocycles. The number of hydroxylamine groups is 7. The Kier molecular flexibility index (Phi) is 17.9. The Morgan fingerprint density at radius 2 is 1.07 bits per heavy atom. The zero-order chi connectivity index (χ0) is 58.8. The third-order valence-corrected chi connectivity index (χ3v) is 21.8. The highest BCUT2D eigenvalue weighted by Crippen LogP contribution is 2.75. The van der Waals surface area contributed by atoms with Crippen molar-refractivity contribution >= 4 is 59.1 Å². The quantitative estimate of drug-likeness (QED) is 0.145. The normalized spacial score (nSPS) is 42.3. The lowest BCUT2D eigenvalue weighted by Crippen LogP contribution is -2.71. The summed E-state index contributed by atoms with van der Waals surface area (Å²) < 4.78 is 66.3. The molecule has 0 aromatic heterocycles. The molecule has 0 bridgehead atoms. The van der Waals surface area contributed by atoms with Gasteiger partial charge in [-0.25, -0.2) is 32.9 Å². The molecule has 0 spiro atoms. The number of aliphatic hydroxyl groups excluding tert-OH is 2. The standard InChI is InChI=1S/C30H35ClF2N2O5.C28H30ClF2NO5.C2H7NO.CH4.ClH/c1-27-10-9-20(36)12-23(27)24(32)13-22-21-11-18-16-35(15-17-5-7-19(31)8-6-17)40-30(18,26(38)34(3)39-4)28(21,2)14-25(37)29(22,27)33;1-25-8-7-18(33)10-21(25)22(30)11-20-19-9-16-14-32(13-15-3-5-17(29)6-4-15)37-28(16,24(35)36)26(19,2)12-23(34)27(20,25)31;1-3-4-2;;/h5-10,12,18,21-22,24-25,37H,11,13-16H2,1-4H3;3-8,10,16,19-20,22-23,34H,9,11-14H2,1-2H3,(H,35,36);3H,1-2H3;1H4;1H/t18-,21-,22-,24-,25-,27-,28-,29-,30-;16-,19-,20-,22-,23-,25-,26-,27-,28-;;;/m00.../s1. The van der Waals surface area contributed by atoms with Crippen LogP contribution in [0.4, 0.5) is 17.6 Å². The maximum absolute atomic E-state index is 17.6. The van der Waals surface area contributed by atoms with Crippen LogP contribution in [-0.4, -0.2) is 142 Å². The Balaban J connectivity index is 0.000000200. The Morgan fingerprint density at radius 1 is 0.699 bits per heavy atom. The first-order valence-corrected chi connectivity index (χ1v) is 28.4. The number of alkyl halides is 4. The summed E-state index contributed by atoms with van der Waals surface area (Å²) in [6.45, 7) is 8.20. The number of likely N-dealkylation sites (N-methyl/N-ethyl adjacent to an activating group) is 1. The molecule has 456 valence electrons. The number of halogens is 7. The molecular weight excluding hydrogens is 1150 g/mol. The topological polar surface area (TPSA) is 188 Å². The molecule has 0 radical (unpaired) electrons. The molecule has 0 unspecified atom stereocenters. The lowest BCUT2D eigenvalue weighted by atomic mass is 9.44. The van der Waals surface area contributed by atoms with Crippen LogP contribution in [-0.2, 0) is 51.6 Å². The number of fused-ring (bicyclic) bond motifs is 14. The minimum absolute atomic E-state index is 0. The number of rotatable bonds is 8. The number of ketones is 2. The number of hydrogen-bond donors (Lipinski definition) is 4. The molecule has 12 rings (SSSR count). The summed E-state index contributed by atoms with van der Waals surface area (Å²) in [5.74, 6) is -5.98. The van der Waals surface area contributed by atoms with Crippen molar-refractivity contribution in [2.24, 2.45) is 57.2 Å². The highest BCUT2D eigenvalue weighted by Gasteiger charge is 2.82. The van der Waals surface area contributed by atoms with Crippen LogP contribution in [0.25, 0.3) is 0 Å². The summed E-state index contributed by atoms with van der Waals surface area (Å²) in [4.78, 5) is 73.7. The second kappa shape index (κ2) is 22.9. The minimum Gasteiger partial charge on any atom is -0.479 e. The molecule has 2 aromatic rings. The molecule has 1 amide bonds. The first-order chi connectivity index (χ1) is 38.1. The molecule has 15 nitrogen and oxygen atoms in total. The summed E-state index contributed by atoms with van der Waals surface area (Å²) in [6, 6.07) is 14.5. The van der Waals surface area contributed by atoms with E-state index < -0.39 is 116 Å². The van der Waals surface area contributed by atoms with Crippen LogP contribution in [0.5, 0.6) is 0 Å². The van der Waals surface area contributed by atoms with Crippen molar-refractivity contribution in [1.82, 2.24) is 20.7 Å². The summed E-state index contributed by atoms with van der Waals surface area (Å²) in [5, 5.41) is 39.4. The van der Waals surface area contributed by atoms with E-state index in [2.05, 4.69) is 10.3 Å². The number of carboxylic acid groups (broad SMARTS) is 1. The van der Waals surface area contributed by atoms with Crippen molar-refractivity contribution in [3.63, 3.8) is 0 Å². The lowest BCUT2D eigenvalue weighted by Gasteiger charge is -2.63. The first-order valence-electron chi connectivity index (χ1n) is 27.6. The first kappa shape index (κ1) is 64.9. The Bertz CT molecular complexity index is 2980. The number of carbonyl (C=O) groups excluding carboxylic acids is 3. The van der Waals surface area contributed by atoms with Gasteiger partial charge in [-0.1, -0.05) is 80.9 Å². The third kappa shape index (κ3) is 9.37. The van der Waals surface area contributed by atoms with E-state index in [4.69, 9.17) is 37.7 Å². The van der Waals surface area contributed by atoms with Gasteiger partial charge in [0.2, 0.25) is 0 Å². The number of amides is 1. The van der Waals surface area contributed by atoms with Crippen molar-refractivity contribution in [3.05, 3.63) is 117 Å². The van der Waals surface area contributed by atoms with Crippen LogP contribution < -0.4 is 5.48 Å². The Hall–Kier alpha value is -4.09. The molecule has 83 heavy (non-hydrogen) atoms. The molecule has 2 heterocycles. The average Bonchev–Trinajstić information content (AvgIpc) is 1.68. The number of aliphatic carboxylic acids is 1. The van der Waals surface area contributed by atoms with E-state index >= 15 is 17.6 Å². The number of carboxylic acids is 1. The van der Waals surface area contributed by atoms with Crippen LogP contribution in [0.1, 0.15) is 84.8 Å². The zero-order valence-corrected chi connectivity index (χ0v) is 49.4. The van der Waals surface area contributed by atoms with Crippen molar-refractivity contribution in [2.45, 2.75) is 134 Å². The summed E-state index contributed by atoms with van der Waals surface area (Å²) in [6.07, 6.45) is 1.61. The molecule has 2 saturated heterocycles. The number of benzene rings is 2. The van der Waals surface area contributed by atoms with Crippen LogP contribution in [0, 0.1) is 57.2 Å². The van der Waals surface area contributed by atoms with E-state index in [1.54, 1.807) is 69.3 Å². The SMILES string of the molecule is C.CNOC.CON(C)C(=O)[C@@]12ON(Cc3ccc(Cl)cc3)C[C@@H]1C[C@H]1[C@@H]3C[C@H](F)C4=CC(=O)C=C[C@]4(C)[C@@]3(F)[C@@H](O)C[C@@]12C.C[C@]12C=CC(=O)C=C1[C@@H](F)C[C@H]1[C@@H]3C[C@H]4CN(Cc5ccc(Cl)cc5)O[C@@]4(C(=O)O)[C@@]3(C)C[C@H](O)[C@@]12F.Cl. The predicted molar refractivity (Wildman–Crippen MR) is 304 cm³/mol. The molecule has 22 heteroatoms. The van der Waals surface area contributed by atoms with Gasteiger partial charge >= 0.3 is 5.97 Å². The minimum atomic E-state index is -2.25. The van der Waals surface area contributed by atoms with Gasteiger partial charge < -0.3 is 20.2 Å². The maximum Gasteiger partial charge on any atom is 0.339 e. The molecule has 8 fully saturated rings. The molecule has 10 aliphatic rings. The van der Waals surface area contributed by atoms with Gasteiger partial charge in [0, 0.05) is 95.7 Å². The van der Waals surface area contributed by atoms with Crippen LogP contribution in [0.2, 0.25) is 10.0 Å². The largest absolute Gasteiger partial charge is 0.479 e. The highest BCUT2D eigenvalue weighted by atomic mass is 35.5. The molecule has 6 saturated carbocycles. The van der Waals surface area contributed by atoms with Gasteiger partial charge in [0.15, 0.2) is 34.1 Å². The molecule has 2 aromatic carbocycles. The van der Waals surface area contributed by atoms with Gasteiger partial charge in [0.1, 0.15) is 12.3 Å². The average molecular weight is 1220 g/mol. The van der Waals surface area contributed by atoms with Crippen molar-refractivity contribution in [1.29, 1.82) is 0 Å². The van der Waals surface area contributed by atoms with E-state index in [9.17, 15) is 34.5 Å². The van der Waals surface area contributed by atoms with E-state index in [1.807, 2.05) is 31.2 Å². The fourth-order valence-corrected chi connectivity index (χ4v) is 17.7. The van der Waals surface area contributed by atoms with Crippen LogP contribution >= 0.6 is 35.6 Å². The molecular formula is C61H77Cl3F4N4O11. The summed E-state index contributed by atoms with van der Waals surface area (Å²) in [7, 11) is 6.18. The van der Waals surface area contributed by atoms with Crippen molar-refractivity contribution in [3.8, 4) is 0 Å². The fraction of sp³-hybridized carbons (Fsp3) is 0.607. The third-order valence-electron chi connectivity index (χ3n) is 21.3. The maximum atomic E-state index is 17.6. The summed E-state index contributed by atoms with van der Waals surface area (Å²) in [5.41, 5.74) is -8.32. The number of allylic oxidation sites excluding steroid dienone is 8. The number of hydrogen-bond acceptors (Lipinski definition) is 13. The molecule has 4 N–H and O–H groups in total. The predicted octanol–water partition coefficient (Wildman–Crippen LogP) is 9.67. The van der Waals surface area contributed by atoms with Gasteiger partial charge in [0.05, 0.1) is 26.4 Å². The van der Waals surface area contributed by atoms with Gasteiger partial charge in [-0.3, -0.25) is 28.9 Å². The second-order valence-electron chi connectivity index (χ2n) is 24.8. The van der Waals surface area contributed by atoms with Crippen molar-refractivity contribution < 1.29 is 71.4 Å². The number of nitrogens with zero attached hydrogens (tertiary/aromatic N) is 3. The van der Waals surface area contributed by atoms with Crippen LogP contribution in [0.3, 0.4) is 0 Å². The monoisotopic (exact) mass is 1220 g/mol. The Morgan fingerprint density at radius 3 is 1.45 bits per heavy atom. The van der Waals surface area contributed by atoms with E-state index in [0.29, 0.717) is 49.1 Å². The summed E-state index contributed by atoms with van der Waals surface area (Å²) >= 11 is 12.0. The molecule has 8 aliphatic carbocycles. The Labute approximate surface area is 498 Å². The van der Waals surface area contributed by atoms with Gasteiger partial charge in [-0.05, 0) is 135 Å². The zero-order valence-electron chi connectivity index (χ0n) is 47.1. The van der Waals surface area contributed by atoms with E-state index in [1.165, 1.54) is 44.5 Å².